The highest BCUT2D eigenvalue weighted by molar-refractivity contribution is 5.95. The van der Waals surface area contributed by atoms with Crippen LogP contribution in [0.2, 0.25) is 0 Å². The van der Waals surface area contributed by atoms with E-state index in [1.165, 1.54) is 19.2 Å². The van der Waals surface area contributed by atoms with E-state index in [4.69, 9.17) is 9.47 Å². The van der Waals surface area contributed by atoms with Gasteiger partial charge in [-0.05, 0) is 56.3 Å². The number of methoxy groups -OCH3 is 1. The average molecular weight is 495 g/mol. The third-order valence-electron chi connectivity index (χ3n) is 5.17. The number of anilines is 1. The number of carbonyl (C=O) groups is 2. The number of nitrogens with zero attached hydrogens (tertiary/aromatic N) is 2. The maximum absolute atomic E-state index is 12.9. The molecule has 0 unspecified atom stereocenters. The van der Waals surface area contributed by atoms with Gasteiger partial charge >= 0.3 is 6.36 Å². The van der Waals surface area contributed by atoms with Crippen molar-refractivity contribution in [2.45, 2.75) is 26.3 Å². The lowest BCUT2D eigenvalue weighted by Crippen LogP contribution is -2.50. The standard InChI is InChI=1S/C24H28F3N3O5/c1-16(2)34-20-9-4-17(14-21(20)33-3)23(32)30-12-10-29(11-13-30)15-22(31)28-18-5-7-19(8-6-18)35-24(25,26)27/h4-9,14,16H,10-13,15H2,1-3H3,(H,28,31). The molecule has 1 N–H and O–H groups in total. The fraction of sp³-hybridized carbons (Fsp3) is 0.417. The Bertz CT molecular complexity index is 1020. The fourth-order valence-corrected chi connectivity index (χ4v) is 3.59. The summed E-state index contributed by atoms with van der Waals surface area (Å²) in [5.74, 6) is 0.246. The van der Waals surface area contributed by atoms with Gasteiger partial charge in [-0.3, -0.25) is 14.5 Å². The van der Waals surface area contributed by atoms with Crippen molar-refractivity contribution in [3.63, 3.8) is 0 Å². The van der Waals surface area contributed by atoms with Crippen molar-refractivity contribution in [3.05, 3.63) is 48.0 Å². The number of nitrogens with one attached hydrogen (secondary N) is 1. The highest BCUT2D eigenvalue weighted by Crippen LogP contribution is 2.29. The Hall–Kier alpha value is -3.47. The van der Waals surface area contributed by atoms with Gasteiger partial charge in [-0.1, -0.05) is 0 Å². The lowest BCUT2D eigenvalue weighted by molar-refractivity contribution is -0.274. The second-order valence-corrected chi connectivity index (χ2v) is 8.22. The first-order chi connectivity index (χ1) is 16.5. The summed E-state index contributed by atoms with van der Waals surface area (Å²) in [6, 6.07) is 10.0. The number of hydrogen-bond acceptors (Lipinski definition) is 6. The van der Waals surface area contributed by atoms with E-state index in [1.807, 2.05) is 18.7 Å². The zero-order valence-corrected chi connectivity index (χ0v) is 19.7. The van der Waals surface area contributed by atoms with Crippen LogP contribution in [0.5, 0.6) is 17.2 Å². The predicted molar refractivity (Wildman–Crippen MR) is 123 cm³/mol. The minimum absolute atomic E-state index is 0.0292. The van der Waals surface area contributed by atoms with Gasteiger partial charge in [0, 0.05) is 37.4 Å². The minimum Gasteiger partial charge on any atom is -0.493 e. The van der Waals surface area contributed by atoms with Crippen LogP contribution in [0.3, 0.4) is 0 Å². The van der Waals surface area contributed by atoms with Gasteiger partial charge in [-0.2, -0.15) is 0 Å². The summed E-state index contributed by atoms with van der Waals surface area (Å²) in [7, 11) is 1.52. The van der Waals surface area contributed by atoms with E-state index in [0.29, 0.717) is 48.9 Å². The Labute approximate surface area is 201 Å². The van der Waals surface area contributed by atoms with Crippen LogP contribution in [0, 0.1) is 0 Å². The summed E-state index contributed by atoms with van der Waals surface area (Å²) >= 11 is 0. The molecule has 35 heavy (non-hydrogen) atoms. The third-order valence-corrected chi connectivity index (χ3v) is 5.17. The molecular weight excluding hydrogens is 467 g/mol. The van der Waals surface area contributed by atoms with Crippen LogP contribution in [0.15, 0.2) is 42.5 Å². The number of halogens is 3. The Balaban J connectivity index is 1.49. The van der Waals surface area contributed by atoms with Crippen molar-refractivity contribution in [2.24, 2.45) is 0 Å². The van der Waals surface area contributed by atoms with Crippen LogP contribution >= 0.6 is 0 Å². The number of amides is 2. The van der Waals surface area contributed by atoms with Gasteiger partial charge < -0.3 is 24.4 Å². The molecule has 0 spiro atoms. The first-order valence-electron chi connectivity index (χ1n) is 11.1. The second kappa shape index (κ2) is 11.3. The molecular formula is C24H28F3N3O5. The molecule has 0 radical (unpaired) electrons. The van der Waals surface area contributed by atoms with E-state index in [0.717, 1.165) is 12.1 Å². The summed E-state index contributed by atoms with van der Waals surface area (Å²) < 4.78 is 51.6. The third kappa shape index (κ3) is 7.78. The first kappa shape index (κ1) is 26.1. The summed E-state index contributed by atoms with van der Waals surface area (Å²) in [5.41, 5.74) is 0.847. The molecule has 2 aromatic rings. The van der Waals surface area contributed by atoms with Crippen molar-refractivity contribution >= 4 is 17.5 Å². The van der Waals surface area contributed by atoms with Crippen molar-refractivity contribution in [1.82, 2.24) is 9.80 Å². The van der Waals surface area contributed by atoms with Gasteiger partial charge in [0.15, 0.2) is 11.5 Å². The fourth-order valence-electron chi connectivity index (χ4n) is 3.59. The summed E-state index contributed by atoms with van der Waals surface area (Å²) in [6.07, 6.45) is -4.80. The van der Waals surface area contributed by atoms with Gasteiger partial charge in [-0.15, -0.1) is 13.2 Å². The highest BCUT2D eigenvalue weighted by Gasteiger charge is 2.31. The number of piperazine rings is 1. The molecule has 0 saturated carbocycles. The van der Waals surface area contributed by atoms with Crippen LogP contribution in [-0.2, 0) is 4.79 Å². The van der Waals surface area contributed by atoms with Crippen LogP contribution in [-0.4, -0.2) is 73.9 Å². The SMILES string of the molecule is COc1cc(C(=O)N2CCN(CC(=O)Nc3ccc(OC(F)(F)F)cc3)CC2)ccc1OC(C)C. The number of rotatable bonds is 8. The molecule has 1 aliphatic rings. The lowest BCUT2D eigenvalue weighted by atomic mass is 10.1. The maximum Gasteiger partial charge on any atom is 0.573 e. The molecule has 1 fully saturated rings. The normalized spacial score (nSPS) is 14.5. The number of benzene rings is 2. The van der Waals surface area contributed by atoms with Gasteiger partial charge in [0.1, 0.15) is 5.75 Å². The lowest BCUT2D eigenvalue weighted by Gasteiger charge is -2.34. The zero-order chi connectivity index (χ0) is 25.6. The number of ether oxygens (including phenoxy) is 3. The van der Waals surface area contributed by atoms with Gasteiger partial charge in [0.25, 0.3) is 5.91 Å². The van der Waals surface area contributed by atoms with E-state index >= 15 is 0 Å². The summed E-state index contributed by atoms with van der Waals surface area (Å²) in [4.78, 5) is 28.9. The topological polar surface area (TPSA) is 80.3 Å². The number of hydrogen-bond donors (Lipinski definition) is 1. The zero-order valence-electron chi connectivity index (χ0n) is 19.7. The quantitative estimate of drug-likeness (QED) is 0.601. The molecule has 1 aliphatic heterocycles. The van der Waals surface area contributed by atoms with E-state index in [-0.39, 0.29) is 30.2 Å². The Morgan fingerprint density at radius 1 is 1.00 bits per heavy atom. The molecule has 1 heterocycles. The minimum atomic E-state index is -4.77. The van der Waals surface area contributed by atoms with E-state index in [1.54, 1.807) is 23.1 Å². The highest BCUT2D eigenvalue weighted by atomic mass is 19.4. The van der Waals surface area contributed by atoms with Crippen molar-refractivity contribution in [2.75, 3.05) is 45.2 Å². The monoisotopic (exact) mass is 495 g/mol. The van der Waals surface area contributed by atoms with Crippen LogP contribution in [0.1, 0.15) is 24.2 Å². The van der Waals surface area contributed by atoms with E-state index < -0.39 is 6.36 Å². The van der Waals surface area contributed by atoms with Crippen molar-refractivity contribution in [1.29, 1.82) is 0 Å². The predicted octanol–water partition coefficient (Wildman–Crippen LogP) is 3.78. The maximum atomic E-state index is 12.9. The van der Waals surface area contributed by atoms with Gasteiger partial charge in [-0.25, -0.2) is 0 Å². The largest absolute Gasteiger partial charge is 0.573 e. The van der Waals surface area contributed by atoms with Crippen molar-refractivity contribution < 1.29 is 37.0 Å². The smallest absolute Gasteiger partial charge is 0.493 e. The molecule has 0 aliphatic carbocycles. The number of carbonyl (C=O) groups excluding carboxylic acids is 2. The molecule has 1 saturated heterocycles. The second-order valence-electron chi connectivity index (χ2n) is 8.22. The van der Waals surface area contributed by atoms with Crippen LogP contribution < -0.4 is 19.5 Å². The molecule has 2 amide bonds. The Morgan fingerprint density at radius 2 is 1.66 bits per heavy atom. The number of alkyl halides is 3. The average Bonchev–Trinajstić information content (AvgIpc) is 2.79. The molecule has 0 aromatic heterocycles. The summed E-state index contributed by atoms with van der Waals surface area (Å²) in [6.45, 7) is 5.80. The Morgan fingerprint density at radius 3 is 2.23 bits per heavy atom. The van der Waals surface area contributed by atoms with E-state index in [9.17, 15) is 22.8 Å². The van der Waals surface area contributed by atoms with E-state index in [2.05, 4.69) is 10.1 Å². The molecule has 0 bridgehead atoms. The molecule has 8 nitrogen and oxygen atoms in total. The van der Waals surface area contributed by atoms with Crippen LogP contribution in [0.25, 0.3) is 0 Å². The summed E-state index contributed by atoms with van der Waals surface area (Å²) in [5, 5.41) is 2.65. The molecule has 0 atom stereocenters. The molecule has 2 aromatic carbocycles. The van der Waals surface area contributed by atoms with Gasteiger partial charge in [0.2, 0.25) is 5.91 Å². The Kier molecular flexibility index (Phi) is 8.44. The molecule has 3 rings (SSSR count). The van der Waals surface area contributed by atoms with Gasteiger partial charge in [0.05, 0.1) is 19.8 Å². The first-order valence-corrected chi connectivity index (χ1v) is 11.1. The van der Waals surface area contributed by atoms with Crippen molar-refractivity contribution in [3.8, 4) is 17.2 Å². The van der Waals surface area contributed by atoms with Crippen LogP contribution in [0.4, 0.5) is 18.9 Å². The molecule has 11 heteroatoms. The molecule has 190 valence electrons.